The number of nitrogens with one attached hydrogen (secondary N) is 2. The molecule has 0 fully saturated rings. The average Bonchev–Trinajstić information content (AvgIpc) is 2.51. The molecule has 0 unspecified atom stereocenters. The van der Waals surface area contributed by atoms with Gasteiger partial charge in [-0.05, 0) is 62.4 Å². The van der Waals surface area contributed by atoms with Gasteiger partial charge >= 0.3 is 0 Å². The molecule has 0 radical (unpaired) electrons. The van der Waals surface area contributed by atoms with Crippen molar-refractivity contribution in [2.45, 2.75) is 19.9 Å². The summed E-state index contributed by atoms with van der Waals surface area (Å²) in [4.78, 5) is 12.1. The lowest BCUT2D eigenvalue weighted by Crippen LogP contribution is -2.31. The number of anilines is 2. The number of ether oxygens (including phenoxy) is 1. The van der Waals surface area contributed by atoms with Crippen LogP contribution in [0.25, 0.3) is 0 Å². The first-order chi connectivity index (χ1) is 10.6. The molecule has 0 saturated carbocycles. The fourth-order valence-corrected chi connectivity index (χ4v) is 1.91. The van der Waals surface area contributed by atoms with Crippen molar-refractivity contribution in [2.24, 2.45) is 0 Å². The number of hydrogen-bond acceptors (Lipinski definition) is 3. The summed E-state index contributed by atoms with van der Waals surface area (Å²) >= 11 is 0. The van der Waals surface area contributed by atoms with Crippen LogP contribution in [0.5, 0.6) is 5.75 Å². The fraction of sp³-hybridized carbons (Fsp3) is 0.235. The largest absolute Gasteiger partial charge is 0.494 e. The number of carbonyl (C=O) groups is 1. The highest BCUT2D eigenvalue weighted by Gasteiger charge is 2.12. The number of carbonyl (C=O) groups excluding carboxylic acids is 1. The smallest absolute Gasteiger partial charge is 0.246 e. The highest BCUT2D eigenvalue weighted by molar-refractivity contribution is 5.96. The number of hydrogen-bond donors (Lipinski definition) is 2. The molecule has 5 heteroatoms. The van der Waals surface area contributed by atoms with E-state index in [1.54, 1.807) is 6.92 Å². The predicted molar refractivity (Wildman–Crippen MR) is 85.7 cm³/mol. The predicted octanol–water partition coefficient (Wildman–Crippen LogP) is 3.66. The molecule has 2 aromatic carbocycles. The summed E-state index contributed by atoms with van der Waals surface area (Å²) in [6.07, 6.45) is 0. The Bertz CT molecular complexity index is 612. The third kappa shape index (κ3) is 4.48. The van der Waals surface area contributed by atoms with E-state index >= 15 is 0 Å². The number of halogens is 1. The quantitative estimate of drug-likeness (QED) is 0.856. The Labute approximate surface area is 129 Å². The van der Waals surface area contributed by atoms with Crippen LogP contribution in [0, 0.1) is 5.82 Å². The summed E-state index contributed by atoms with van der Waals surface area (Å²) in [7, 11) is 0. The third-order valence-corrected chi connectivity index (χ3v) is 3.05. The molecular formula is C17H19FN2O2. The molecular weight excluding hydrogens is 283 g/mol. The Balaban J connectivity index is 1.91. The van der Waals surface area contributed by atoms with Crippen molar-refractivity contribution < 1.29 is 13.9 Å². The van der Waals surface area contributed by atoms with Gasteiger partial charge in [-0.3, -0.25) is 4.79 Å². The Morgan fingerprint density at radius 3 is 2.27 bits per heavy atom. The van der Waals surface area contributed by atoms with Gasteiger partial charge in [0.15, 0.2) is 0 Å². The summed E-state index contributed by atoms with van der Waals surface area (Å²) in [5.41, 5.74) is 1.39. The summed E-state index contributed by atoms with van der Waals surface area (Å²) < 4.78 is 18.2. The summed E-state index contributed by atoms with van der Waals surface area (Å²) in [5, 5.41) is 5.83. The van der Waals surface area contributed by atoms with Crippen molar-refractivity contribution >= 4 is 17.3 Å². The number of rotatable bonds is 6. The van der Waals surface area contributed by atoms with Crippen molar-refractivity contribution in [1.29, 1.82) is 0 Å². The van der Waals surface area contributed by atoms with Gasteiger partial charge in [0.1, 0.15) is 17.6 Å². The van der Waals surface area contributed by atoms with Crippen LogP contribution in [0.3, 0.4) is 0 Å². The van der Waals surface area contributed by atoms with Crippen LogP contribution in [0.15, 0.2) is 48.5 Å². The van der Waals surface area contributed by atoms with Crippen LogP contribution < -0.4 is 15.4 Å². The van der Waals surface area contributed by atoms with E-state index in [0.29, 0.717) is 12.3 Å². The van der Waals surface area contributed by atoms with E-state index in [1.165, 1.54) is 24.3 Å². The molecule has 0 aromatic heterocycles. The molecule has 0 bridgehead atoms. The molecule has 4 nitrogen and oxygen atoms in total. The monoisotopic (exact) mass is 302 g/mol. The third-order valence-electron chi connectivity index (χ3n) is 3.05. The van der Waals surface area contributed by atoms with Crippen LogP contribution in [0.2, 0.25) is 0 Å². The molecule has 2 aromatic rings. The lowest BCUT2D eigenvalue weighted by Gasteiger charge is -2.15. The van der Waals surface area contributed by atoms with Crippen molar-refractivity contribution in [2.75, 3.05) is 17.2 Å². The first-order valence-electron chi connectivity index (χ1n) is 7.14. The average molecular weight is 302 g/mol. The van der Waals surface area contributed by atoms with Crippen LogP contribution in [0.1, 0.15) is 13.8 Å². The molecule has 0 aliphatic carbocycles. The molecule has 0 spiro atoms. The first-order valence-corrected chi connectivity index (χ1v) is 7.14. The zero-order valence-corrected chi connectivity index (χ0v) is 12.6. The fourth-order valence-electron chi connectivity index (χ4n) is 1.91. The van der Waals surface area contributed by atoms with E-state index in [-0.39, 0.29) is 11.7 Å². The van der Waals surface area contributed by atoms with E-state index in [1.807, 2.05) is 31.2 Å². The van der Waals surface area contributed by atoms with E-state index in [2.05, 4.69) is 10.6 Å². The minimum Gasteiger partial charge on any atom is -0.494 e. The molecule has 0 aliphatic heterocycles. The lowest BCUT2D eigenvalue weighted by molar-refractivity contribution is -0.116. The highest BCUT2D eigenvalue weighted by atomic mass is 19.1. The van der Waals surface area contributed by atoms with Gasteiger partial charge < -0.3 is 15.4 Å². The Morgan fingerprint density at radius 2 is 1.68 bits per heavy atom. The van der Waals surface area contributed by atoms with Gasteiger partial charge in [-0.25, -0.2) is 4.39 Å². The normalized spacial score (nSPS) is 11.6. The topological polar surface area (TPSA) is 50.4 Å². The van der Waals surface area contributed by atoms with Gasteiger partial charge in [0.05, 0.1) is 6.61 Å². The van der Waals surface area contributed by atoms with Crippen LogP contribution in [-0.2, 0) is 4.79 Å². The van der Waals surface area contributed by atoms with E-state index in [0.717, 1.165) is 11.4 Å². The molecule has 1 atom stereocenters. The van der Waals surface area contributed by atoms with Crippen molar-refractivity contribution in [1.82, 2.24) is 0 Å². The van der Waals surface area contributed by atoms with Gasteiger partial charge in [-0.2, -0.15) is 0 Å². The first kappa shape index (κ1) is 15.8. The van der Waals surface area contributed by atoms with Crippen LogP contribution >= 0.6 is 0 Å². The standard InChI is InChI=1S/C17H19FN2O2/c1-3-22-16-10-8-14(9-11-16)19-12(2)17(21)20-15-6-4-13(18)5-7-15/h4-12,19H,3H2,1-2H3,(H,20,21)/t12-/m1/s1. The summed E-state index contributed by atoms with van der Waals surface area (Å²) in [5.74, 6) is 0.260. The summed E-state index contributed by atoms with van der Waals surface area (Å²) in [6, 6.07) is 12.6. The minimum absolute atomic E-state index is 0.194. The van der Waals surface area contributed by atoms with Gasteiger partial charge in [0.2, 0.25) is 5.91 Å². The molecule has 2 N–H and O–H groups in total. The number of amides is 1. The maximum atomic E-state index is 12.8. The molecule has 0 saturated heterocycles. The Kier molecular flexibility index (Phi) is 5.36. The molecule has 2 rings (SSSR count). The Hall–Kier alpha value is -2.56. The van der Waals surface area contributed by atoms with E-state index in [9.17, 15) is 9.18 Å². The second-order valence-electron chi connectivity index (χ2n) is 4.82. The number of benzene rings is 2. The second-order valence-corrected chi connectivity index (χ2v) is 4.82. The molecule has 1 amide bonds. The second kappa shape index (κ2) is 7.45. The van der Waals surface area contributed by atoms with E-state index in [4.69, 9.17) is 4.74 Å². The van der Waals surface area contributed by atoms with Crippen molar-refractivity contribution in [3.63, 3.8) is 0 Å². The van der Waals surface area contributed by atoms with Crippen LogP contribution in [0.4, 0.5) is 15.8 Å². The van der Waals surface area contributed by atoms with E-state index < -0.39 is 6.04 Å². The van der Waals surface area contributed by atoms with Gasteiger partial charge in [0, 0.05) is 11.4 Å². The molecule has 22 heavy (non-hydrogen) atoms. The minimum atomic E-state index is -0.428. The maximum absolute atomic E-state index is 12.8. The van der Waals surface area contributed by atoms with Crippen molar-refractivity contribution in [3.8, 4) is 5.75 Å². The Morgan fingerprint density at radius 1 is 1.09 bits per heavy atom. The zero-order valence-electron chi connectivity index (χ0n) is 12.6. The van der Waals surface area contributed by atoms with Gasteiger partial charge in [0.25, 0.3) is 0 Å². The SMILES string of the molecule is CCOc1ccc(N[C@H](C)C(=O)Nc2ccc(F)cc2)cc1. The highest BCUT2D eigenvalue weighted by Crippen LogP contribution is 2.17. The van der Waals surface area contributed by atoms with Crippen LogP contribution in [-0.4, -0.2) is 18.6 Å². The lowest BCUT2D eigenvalue weighted by atomic mass is 10.2. The zero-order chi connectivity index (χ0) is 15.9. The van der Waals surface area contributed by atoms with Gasteiger partial charge in [-0.15, -0.1) is 0 Å². The molecule has 0 heterocycles. The molecule has 116 valence electrons. The van der Waals surface area contributed by atoms with Crippen molar-refractivity contribution in [3.05, 3.63) is 54.3 Å². The summed E-state index contributed by atoms with van der Waals surface area (Å²) in [6.45, 7) is 4.30. The maximum Gasteiger partial charge on any atom is 0.246 e. The van der Waals surface area contributed by atoms with Gasteiger partial charge in [-0.1, -0.05) is 0 Å². The molecule has 0 aliphatic rings.